The summed E-state index contributed by atoms with van der Waals surface area (Å²) in [5.74, 6) is -56.4. The zero-order chi connectivity index (χ0) is 26.7. The molecule has 1 rings (SSSR count). The molecule has 0 atom stereocenters. The Hall–Kier alpha value is -1.27. The van der Waals surface area contributed by atoms with Crippen LogP contribution in [0.4, 0.5) is 74.6 Å². The minimum atomic E-state index is -8.63. The van der Waals surface area contributed by atoms with Crippen LogP contribution in [0.25, 0.3) is 0 Å². The van der Waals surface area contributed by atoms with Gasteiger partial charge < -0.3 is 9.47 Å². The van der Waals surface area contributed by atoms with Crippen LogP contribution in [0.5, 0.6) is 0 Å². The van der Waals surface area contributed by atoms with Crippen molar-refractivity contribution in [2.45, 2.75) is 54.6 Å². The summed E-state index contributed by atoms with van der Waals surface area (Å²) in [4.78, 5) is 0. The topological polar surface area (TPSA) is 18.5 Å². The molecule has 0 amide bonds. The Bertz CT molecular complexity index is 707. The van der Waals surface area contributed by atoms with Crippen LogP contribution in [-0.4, -0.2) is 74.1 Å². The van der Waals surface area contributed by atoms with E-state index in [0.717, 1.165) is 0 Å². The molecule has 0 aromatic rings. The second-order valence-electron chi connectivity index (χ2n) is 7.44. The number of halogens is 17. The number of hydrogen-bond donors (Lipinski definition) is 0. The van der Waals surface area contributed by atoms with Gasteiger partial charge in [0.2, 0.25) is 0 Å². The molecule has 0 aromatic heterocycles. The van der Waals surface area contributed by atoms with Crippen molar-refractivity contribution in [1.82, 2.24) is 0 Å². The van der Waals surface area contributed by atoms with Gasteiger partial charge in [-0.25, -0.2) is 0 Å². The van der Waals surface area contributed by atoms with Gasteiger partial charge in [-0.05, 0) is 0 Å². The normalized spacial score (nSPS) is 19.5. The smallest absolute Gasteiger partial charge is 0.380 e. The van der Waals surface area contributed by atoms with E-state index in [1.165, 1.54) is 6.92 Å². The van der Waals surface area contributed by atoms with Crippen LogP contribution >= 0.6 is 0 Å². The first-order chi connectivity index (χ1) is 14.2. The van der Waals surface area contributed by atoms with E-state index in [0.29, 0.717) is 0 Å². The average Bonchev–Trinajstić information content (AvgIpc) is 2.57. The molecule has 0 aromatic carbocycles. The van der Waals surface area contributed by atoms with Crippen LogP contribution in [0.1, 0.15) is 6.92 Å². The molecule has 0 bridgehead atoms. The standard InChI is InChI=1S/C14H11F17O2/c1-6(2-32-3-6)4-33-5-7(15,16)8(17,18)9(19,20)10(21,22)11(23,24)12(25,26)13(27,28)14(29,30)31/h2-5H2,1H3. The minimum absolute atomic E-state index is 0.224. The second kappa shape index (κ2) is 7.87. The number of rotatable bonds is 10. The molecule has 0 spiro atoms. The van der Waals surface area contributed by atoms with Crippen molar-refractivity contribution in [2.75, 3.05) is 26.4 Å². The van der Waals surface area contributed by atoms with E-state index in [1.807, 2.05) is 0 Å². The Morgan fingerprint density at radius 1 is 0.576 bits per heavy atom. The fourth-order valence-corrected chi connectivity index (χ4v) is 2.25. The number of hydrogen-bond acceptors (Lipinski definition) is 2. The van der Waals surface area contributed by atoms with E-state index in [-0.39, 0.29) is 13.2 Å². The van der Waals surface area contributed by atoms with Crippen LogP contribution in [0, 0.1) is 5.41 Å². The molecule has 2 nitrogen and oxygen atoms in total. The molecule has 198 valence electrons. The van der Waals surface area contributed by atoms with E-state index in [9.17, 15) is 74.6 Å². The summed E-state index contributed by atoms with van der Waals surface area (Å²) in [5, 5.41) is 0. The van der Waals surface area contributed by atoms with E-state index in [1.54, 1.807) is 0 Å². The molecule has 0 N–H and O–H groups in total. The Labute approximate surface area is 172 Å². The number of alkyl halides is 17. The van der Waals surface area contributed by atoms with Crippen molar-refractivity contribution >= 4 is 0 Å². The van der Waals surface area contributed by atoms with Crippen LogP contribution in [0.15, 0.2) is 0 Å². The molecule has 0 aliphatic carbocycles. The van der Waals surface area contributed by atoms with Crippen LogP contribution in [0.3, 0.4) is 0 Å². The lowest BCUT2D eigenvalue weighted by Gasteiger charge is -2.43. The van der Waals surface area contributed by atoms with Crippen LogP contribution < -0.4 is 0 Å². The van der Waals surface area contributed by atoms with Crippen molar-refractivity contribution in [3.63, 3.8) is 0 Å². The van der Waals surface area contributed by atoms with Crippen molar-refractivity contribution < 1.29 is 84.1 Å². The molecule has 1 heterocycles. The molecule has 19 heteroatoms. The van der Waals surface area contributed by atoms with Crippen molar-refractivity contribution in [1.29, 1.82) is 0 Å². The van der Waals surface area contributed by atoms with Gasteiger partial charge in [0.15, 0.2) is 0 Å². The maximum absolute atomic E-state index is 13.6. The molecule has 1 aliphatic heterocycles. The Kier molecular flexibility index (Phi) is 7.10. The third kappa shape index (κ3) is 4.20. The molecule has 0 radical (unpaired) electrons. The van der Waals surface area contributed by atoms with Crippen molar-refractivity contribution in [3.8, 4) is 0 Å². The predicted molar refractivity (Wildman–Crippen MR) is 70.4 cm³/mol. The molecule has 1 aliphatic rings. The summed E-state index contributed by atoms with van der Waals surface area (Å²) < 4.78 is 231. The summed E-state index contributed by atoms with van der Waals surface area (Å²) >= 11 is 0. The van der Waals surface area contributed by atoms with Crippen LogP contribution in [0.2, 0.25) is 0 Å². The largest absolute Gasteiger partial charge is 0.460 e. The summed E-state index contributed by atoms with van der Waals surface area (Å²) in [6.07, 6.45) is -7.77. The molecule has 1 saturated heterocycles. The minimum Gasteiger partial charge on any atom is -0.380 e. The van der Waals surface area contributed by atoms with Gasteiger partial charge in [0, 0.05) is 5.41 Å². The number of ether oxygens (including phenoxy) is 2. The maximum Gasteiger partial charge on any atom is 0.460 e. The van der Waals surface area contributed by atoms with Crippen molar-refractivity contribution in [2.24, 2.45) is 5.41 Å². The fraction of sp³-hybridized carbons (Fsp3) is 1.00. The predicted octanol–water partition coefficient (Wildman–Crippen LogP) is 6.05. The summed E-state index contributed by atoms with van der Waals surface area (Å²) in [7, 11) is 0. The molecule has 0 unspecified atom stereocenters. The molecule has 33 heavy (non-hydrogen) atoms. The van der Waals surface area contributed by atoms with Gasteiger partial charge >= 0.3 is 47.6 Å². The first kappa shape index (κ1) is 29.8. The van der Waals surface area contributed by atoms with Gasteiger partial charge in [-0.15, -0.1) is 0 Å². The zero-order valence-corrected chi connectivity index (χ0v) is 15.6. The van der Waals surface area contributed by atoms with Gasteiger partial charge in [-0.2, -0.15) is 74.6 Å². The zero-order valence-electron chi connectivity index (χ0n) is 15.6. The summed E-state index contributed by atoms with van der Waals surface area (Å²) in [6, 6.07) is 0. The monoisotopic (exact) mass is 534 g/mol. The molecule has 1 fully saturated rings. The van der Waals surface area contributed by atoms with E-state index in [4.69, 9.17) is 0 Å². The van der Waals surface area contributed by atoms with Gasteiger partial charge in [0.25, 0.3) is 0 Å². The van der Waals surface area contributed by atoms with Gasteiger partial charge in [-0.3, -0.25) is 0 Å². The van der Waals surface area contributed by atoms with E-state index >= 15 is 0 Å². The Morgan fingerprint density at radius 2 is 0.909 bits per heavy atom. The lowest BCUT2D eigenvalue weighted by atomic mass is 9.89. The Morgan fingerprint density at radius 3 is 1.21 bits per heavy atom. The van der Waals surface area contributed by atoms with E-state index in [2.05, 4.69) is 9.47 Å². The first-order valence-corrected chi connectivity index (χ1v) is 8.03. The molecular formula is C14H11F17O2. The fourth-order valence-electron chi connectivity index (χ4n) is 2.25. The first-order valence-electron chi connectivity index (χ1n) is 8.03. The summed E-state index contributed by atoms with van der Waals surface area (Å²) in [5.41, 5.74) is -1.13. The SMILES string of the molecule is CC1(COCC(F)(F)C(F)(F)C(F)(F)C(F)(F)C(F)(F)C(F)(F)C(F)(F)C(F)(F)F)COC1. The second-order valence-corrected chi connectivity index (χ2v) is 7.44. The summed E-state index contributed by atoms with van der Waals surface area (Å²) in [6.45, 7) is -3.07. The highest BCUT2D eigenvalue weighted by atomic mass is 19.4. The third-order valence-corrected chi connectivity index (χ3v) is 4.42. The maximum atomic E-state index is 13.6. The molecular weight excluding hydrogens is 523 g/mol. The van der Waals surface area contributed by atoms with Crippen LogP contribution in [-0.2, 0) is 9.47 Å². The highest BCUT2D eigenvalue weighted by molar-refractivity contribution is 5.15. The lowest BCUT2D eigenvalue weighted by Crippen LogP contribution is -2.74. The quantitative estimate of drug-likeness (QED) is 0.318. The van der Waals surface area contributed by atoms with Gasteiger partial charge in [0.05, 0.1) is 19.8 Å². The highest BCUT2D eigenvalue weighted by Crippen LogP contribution is 2.63. The average molecular weight is 534 g/mol. The van der Waals surface area contributed by atoms with Gasteiger partial charge in [0.1, 0.15) is 6.61 Å². The lowest BCUT2D eigenvalue weighted by molar-refractivity contribution is -0.462. The van der Waals surface area contributed by atoms with Gasteiger partial charge in [-0.1, -0.05) is 6.92 Å². The van der Waals surface area contributed by atoms with E-state index < -0.39 is 66.3 Å². The van der Waals surface area contributed by atoms with Crippen molar-refractivity contribution in [3.05, 3.63) is 0 Å². The Balaban J connectivity index is 3.35. The highest BCUT2D eigenvalue weighted by Gasteiger charge is 2.95. The third-order valence-electron chi connectivity index (χ3n) is 4.42. The molecule has 0 saturated carbocycles.